The second-order valence-corrected chi connectivity index (χ2v) is 6.21. The van der Waals surface area contributed by atoms with E-state index >= 15 is 0 Å². The van der Waals surface area contributed by atoms with Crippen molar-refractivity contribution in [2.75, 3.05) is 36.0 Å². The van der Waals surface area contributed by atoms with Crippen LogP contribution in [0.2, 0.25) is 0 Å². The van der Waals surface area contributed by atoms with Gasteiger partial charge in [0, 0.05) is 19.2 Å². The summed E-state index contributed by atoms with van der Waals surface area (Å²) in [5.41, 5.74) is 1.93. The van der Waals surface area contributed by atoms with Crippen LogP contribution in [0.5, 0.6) is 5.75 Å². The lowest BCUT2D eigenvalue weighted by molar-refractivity contribution is -0.114. The zero-order valence-electron chi connectivity index (χ0n) is 12.4. The lowest BCUT2D eigenvalue weighted by atomic mass is 10.1. The molecule has 4 rings (SSSR count). The minimum Gasteiger partial charge on any atom is -0.489 e. The number of amides is 1. The van der Waals surface area contributed by atoms with Crippen LogP contribution in [0.25, 0.3) is 6.08 Å². The molecule has 0 N–H and O–H groups in total. The first-order valence-electron chi connectivity index (χ1n) is 7.48. The zero-order chi connectivity index (χ0) is 15.8. The minimum atomic E-state index is -0.0591. The smallest absolute Gasteiger partial charge is 0.251 e. The summed E-state index contributed by atoms with van der Waals surface area (Å²) in [5, 5.41) is 0. The molecule has 6 heteroatoms. The molecule has 0 spiro atoms. The molecule has 23 heavy (non-hydrogen) atoms. The quantitative estimate of drug-likeness (QED) is 0.756. The number of benzene rings is 1. The number of para-hydroxylation sites is 1. The van der Waals surface area contributed by atoms with Crippen molar-refractivity contribution in [2.45, 2.75) is 0 Å². The monoisotopic (exact) mass is 374 g/mol. The fourth-order valence-corrected chi connectivity index (χ4v) is 3.31. The average Bonchev–Trinajstić information content (AvgIpc) is 2.99. The van der Waals surface area contributed by atoms with Crippen molar-refractivity contribution in [3.63, 3.8) is 0 Å². The molecule has 0 radical (unpaired) electrons. The van der Waals surface area contributed by atoms with Gasteiger partial charge in [-0.1, -0.05) is 6.07 Å². The van der Waals surface area contributed by atoms with Gasteiger partial charge in [0.05, 0.1) is 12.2 Å². The second-order valence-electron chi connectivity index (χ2n) is 5.42. The van der Waals surface area contributed by atoms with E-state index in [4.69, 9.17) is 9.15 Å². The highest BCUT2D eigenvalue weighted by Crippen LogP contribution is 2.42. The number of furan rings is 1. The Balaban J connectivity index is 1.62. The number of hydrogen-bond donors (Lipinski definition) is 0. The maximum Gasteiger partial charge on any atom is 0.251 e. The van der Waals surface area contributed by atoms with Gasteiger partial charge in [0.25, 0.3) is 5.91 Å². The molecule has 2 aromatic rings. The van der Waals surface area contributed by atoms with Crippen molar-refractivity contribution < 1.29 is 13.9 Å². The Morgan fingerprint density at radius 1 is 1.17 bits per heavy atom. The highest BCUT2D eigenvalue weighted by Gasteiger charge is 2.30. The molecular weight excluding hydrogens is 360 g/mol. The number of halogens is 1. The van der Waals surface area contributed by atoms with Crippen molar-refractivity contribution >= 4 is 39.3 Å². The van der Waals surface area contributed by atoms with E-state index in [1.165, 1.54) is 0 Å². The molecule has 0 saturated heterocycles. The number of anilines is 2. The largest absolute Gasteiger partial charge is 0.489 e. The van der Waals surface area contributed by atoms with Gasteiger partial charge in [-0.15, -0.1) is 0 Å². The van der Waals surface area contributed by atoms with E-state index in [0.29, 0.717) is 23.6 Å². The number of nitrogens with zero attached hydrogens (tertiary/aromatic N) is 2. The van der Waals surface area contributed by atoms with Crippen LogP contribution < -0.4 is 14.5 Å². The van der Waals surface area contributed by atoms with Crippen LogP contribution in [0.3, 0.4) is 0 Å². The molecule has 1 amide bonds. The topological polar surface area (TPSA) is 45.9 Å². The Bertz CT molecular complexity index is 784. The zero-order valence-corrected chi connectivity index (χ0v) is 14.0. The van der Waals surface area contributed by atoms with E-state index < -0.39 is 0 Å². The van der Waals surface area contributed by atoms with Gasteiger partial charge in [0.15, 0.2) is 4.67 Å². The van der Waals surface area contributed by atoms with E-state index in [9.17, 15) is 4.79 Å². The van der Waals surface area contributed by atoms with Crippen molar-refractivity contribution in [3.05, 3.63) is 46.8 Å². The molecular formula is C17H15BrN2O3. The molecule has 0 fully saturated rings. The van der Waals surface area contributed by atoms with Gasteiger partial charge >= 0.3 is 0 Å². The average molecular weight is 375 g/mol. The second kappa shape index (κ2) is 5.77. The normalized spacial score (nSPS) is 16.4. The van der Waals surface area contributed by atoms with E-state index in [1.54, 1.807) is 23.1 Å². The summed E-state index contributed by atoms with van der Waals surface area (Å²) in [6.45, 7) is 3.04. The first kappa shape index (κ1) is 14.4. The summed E-state index contributed by atoms with van der Waals surface area (Å²) in [5.74, 6) is 1.43. The SMILES string of the molecule is O=C(C=Cc1ccc(Br)o1)N1CCN2CCOc3cccc1c32. The third kappa shape index (κ3) is 2.63. The van der Waals surface area contributed by atoms with Crippen LogP contribution in [-0.2, 0) is 4.79 Å². The molecule has 5 nitrogen and oxygen atoms in total. The lowest BCUT2D eigenvalue weighted by Crippen LogP contribution is -2.46. The highest BCUT2D eigenvalue weighted by molar-refractivity contribution is 9.10. The number of ether oxygens (including phenoxy) is 1. The van der Waals surface area contributed by atoms with Gasteiger partial charge in [-0.25, -0.2) is 0 Å². The third-order valence-corrected chi connectivity index (χ3v) is 4.47. The number of carbonyl (C=O) groups is 1. The summed E-state index contributed by atoms with van der Waals surface area (Å²) in [7, 11) is 0. The molecule has 2 aliphatic rings. The maximum atomic E-state index is 12.6. The summed E-state index contributed by atoms with van der Waals surface area (Å²) >= 11 is 3.25. The van der Waals surface area contributed by atoms with Crippen molar-refractivity contribution in [2.24, 2.45) is 0 Å². The molecule has 1 aromatic heterocycles. The van der Waals surface area contributed by atoms with Gasteiger partial charge < -0.3 is 19.0 Å². The van der Waals surface area contributed by atoms with Gasteiger partial charge in [0.1, 0.15) is 23.8 Å². The third-order valence-electron chi connectivity index (χ3n) is 4.05. The predicted octanol–water partition coefficient (Wildman–Crippen LogP) is 3.30. The Hall–Kier alpha value is -2.21. The summed E-state index contributed by atoms with van der Waals surface area (Å²) < 4.78 is 11.7. The van der Waals surface area contributed by atoms with E-state index in [-0.39, 0.29) is 5.91 Å². The van der Waals surface area contributed by atoms with Crippen molar-refractivity contribution in [1.82, 2.24) is 0 Å². The molecule has 3 heterocycles. The van der Waals surface area contributed by atoms with Crippen LogP contribution in [0.1, 0.15) is 5.76 Å². The van der Waals surface area contributed by atoms with Gasteiger partial charge in [-0.2, -0.15) is 0 Å². The molecule has 2 aliphatic heterocycles. The summed E-state index contributed by atoms with van der Waals surface area (Å²) in [4.78, 5) is 16.7. The van der Waals surface area contributed by atoms with Crippen LogP contribution >= 0.6 is 15.9 Å². The maximum absolute atomic E-state index is 12.6. The van der Waals surface area contributed by atoms with Crippen LogP contribution in [-0.4, -0.2) is 32.1 Å². The number of carbonyl (C=O) groups excluding carboxylic acids is 1. The molecule has 1 aromatic carbocycles. The molecule has 0 aliphatic carbocycles. The highest BCUT2D eigenvalue weighted by atomic mass is 79.9. The number of hydrogen-bond acceptors (Lipinski definition) is 4. The van der Waals surface area contributed by atoms with Crippen LogP contribution in [0.15, 0.2) is 45.5 Å². The van der Waals surface area contributed by atoms with Crippen LogP contribution in [0.4, 0.5) is 11.4 Å². The molecule has 0 bridgehead atoms. The lowest BCUT2D eigenvalue weighted by Gasteiger charge is -2.40. The predicted molar refractivity (Wildman–Crippen MR) is 91.9 cm³/mol. The molecule has 0 atom stereocenters. The van der Waals surface area contributed by atoms with Crippen molar-refractivity contribution in [3.8, 4) is 5.75 Å². The fraction of sp³-hybridized carbons (Fsp3) is 0.235. The van der Waals surface area contributed by atoms with E-state index in [0.717, 1.165) is 30.2 Å². The Labute approximate surface area is 142 Å². The summed E-state index contributed by atoms with van der Waals surface area (Å²) in [6, 6.07) is 9.46. The first-order valence-corrected chi connectivity index (χ1v) is 8.27. The number of rotatable bonds is 2. The van der Waals surface area contributed by atoms with E-state index in [1.807, 2.05) is 24.3 Å². The standard InChI is InChI=1S/C17H15BrN2O3/c18-15-6-4-12(23-15)5-7-16(21)20-9-8-19-10-11-22-14-3-1-2-13(20)17(14)19/h1-7H,8-11H2. The van der Waals surface area contributed by atoms with E-state index in [2.05, 4.69) is 20.8 Å². The molecule has 0 saturated carbocycles. The molecule has 0 unspecified atom stereocenters. The van der Waals surface area contributed by atoms with Crippen LogP contribution in [0, 0.1) is 0 Å². The Kier molecular flexibility index (Phi) is 3.61. The minimum absolute atomic E-state index is 0.0591. The Morgan fingerprint density at radius 3 is 2.91 bits per heavy atom. The van der Waals surface area contributed by atoms with Crippen molar-refractivity contribution in [1.29, 1.82) is 0 Å². The Morgan fingerprint density at radius 2 is 2.09 bits per heavy atom. The van der Waals surface area contributed by atoms with Gasteiger partial charge in [0.2, 0.25) is 0 Å². The molecule has 118 valence electrons. The fourth-order valence-electron chi connectivity index (χ4n) is 3.00. The summed E-state index contributed by atoms with van der Waals surface area (Å²) in [6.07, 6.45) is 3.23. The van der Waals surface area contributed by atoms with Gasteiger partial charge in [-0.3, -0.25) is 4.79 Å². The van der Waals surface area contributed by atoms with Gasteiger partial charge in [-0.05, 0) is 46.3 Å². The first-order chi connectivity index (χ1) is 11.2.